The topological polar surface area (TPSA) is 37.4 Å². The van der Waals surface area contributed by atoms with Crippen LogP contribution < -0.4 is 0 Å². The van der Waals surface area contributed by atoms with Crippen LogP contribution in [0.25, 0.3) is 0 Å². The number of hydrogen-bond acceptors (Lipinski definition) is 2. The molecule has 1 fully saturated rings. The molecule has 0 radical (unpaired) electrons. The molecule has 0 saturated heterocycles. The Labute approximate surface area is 108 Å². The Balaban J connectivity index is 1.86. The summed E-state index contributed by atoms with van der Waals surface area (Å²) in [6.07, 6.45) is 7.45. The minimum atomic E-state index is -0.0706. The standard InChI is InChI=1S/C15H19NO2/c1-3-16(4-2)15(18)12-8-11-9-5-6-10(7-9)13(11)14(12)17/h5-6,8-11,13H,3-4,7H2,1-2H3/t9-,10+,11-,13+/m1/s1. The van der Waals surface area contributed by atoms with E-state index in [0.717, 1.165) is 6.42 Å². The number of Topliss-reactive ketones (excluding diaryl/α,β-unsaturated/α-hetero) is 1. The van der Waals surface area contributed by atoms with Crippen LogP contribution in [-0.4, -0.2) is 29.7 Å². The van der Waals surface area contributed by atoms with Gasteiger partial charge in [-0.15, -0.1) is 0 Å². The van der Waals surface area contributed by atoms with E-state index in [-0.39, 0.29) is 17.6 Å². The normalized spacial score (nSPS) is 35.9. The molecule has 0 N–H and O–H groups in total. The molecule has 3 aliphatic carbocycles. The maximum absolute atomic E-state index is 12.4. The minimum absolute atomic E-state index is 0.0644. The number of amides is 1. The summed E-state index contributed by atoms with van der Waals surface area (Å²) in [7, 11) is 0. The lowest BCUT2D eigenvalue weighted by Gasteiger charge is -2.20. The van der Waals surface area contributed by atoms with Gasteiger partial charge >= 0.3 is 0 Å². The number of nitrogens with zero attached hydrogens (tertiary/aromatic N) is 1. The molecule has 0 aromatic heterocycles. The van der Waals surface area contributed by atoms with E-state index in [0.29, 0.717) is 36.4 Å². The van der Waals surface area contributed by atoms with Gasteiger partial charge in [-0.1, -0.05) is 18.2 Å². The Kier molecular flexibility index (Phi) is 2.65. The first-order valence-corrected chi connectivity index (χ1v) is 6.91. The fraction of sp³-hybridized carbons (Fsp3) is 0.600. The van der Waals surface area contributed by atoms with Crippen LogP contribution in [0.1, 0.15) is 20.3 Å². The lowest BCUT2D eigenvalue weighted by molar-refractivity contribution is -0.130. The van der Waals surface area contributed by atoms with Crippen LogP contribution in [0, 0.1) is 23.7 Å². The summed E-state index contributed by atoms with van der Waals surface area (Å²) in [6.45, 7) is 5.24. The number of rotatable bonds is 3. The average molecular weight is 245 g/mol. The summed E-state index contributed by atoms with van der Waals surface area (Å²) in [4.78, 5) is 26.4. The fourth-order valence-electron chi connectivity index (χ4n) is 3.77. The highest BCUT2D eigenvalue weighted by atomic mass is 16.2. The number of carbonyl (C=O) groups is 2. The Morgan fingerprint density at radius 3 is 2.56 bits per heavy atom. The molecule has 1 saturated carbocycles. The van der Waals surface area contributed by atoms with Crippen LogP contribution in [0.15, 0.2) is 23.8 Å². The number of hydrogen-bond donors (Lipinski definition) is 0. The van der Waals surface area contributed by atoms with E-state index in [9.17, 15) is 9.59 Å². The summed E-state index contributed by atoms with van der Waals surface area (Å²) in [5.41, 5.74) is 0.451. The second kappa shape index (κ2) is 4.08. The molecule has 3 heteroatoms. The third kappa shape index (κ3) is 1.43. The molecular formula is C15H19NO2. The van der Waals surface area contributed by atoms with Gasteiger partial charge in [0.05, 0.1) is 5.57 Å². The molecular weight excluding hydrogens is 226 g/mol. The quantitative estimate of drug-likeness (QED) is 0.561. The summed E-state index contributed by atoms with van der Waals surface area (Å²) >= 11 is 0. The summed E-state index contributed by atoms with van der Waals surface area (Å²) in [5.74, 6) is 1.25. The summed E-state index contributed by atoms with van der Waals surface area (Å²) in [6, 6.07) is 0. The van der Waals surface area contributed by atoms with E-state index in [1.165, 1.54) is 0 Å². The highest BCUT2D eigenvalue weighted by molar-refractivity contribution is 6.22. The molecule has 96 valence electrons. The first-order chi connectivity index (χ1) is 8.67. The molecule has 3 rings (SSSR count). The molecule has 0 aliphatic heterocycles. The van der Waals surface area contributed by atoms with Gasteiger partial charge in [-0.3, -0.25) is 9.59 Å². The molecule has 3 nitrogen and oxygen atoms in total. The number of allylic oxidation sites excluding steroid dienone is 3. The molecule has 0 spiro atoms. The monoisotopic (exact) mass is 245 g/mol. The second-order valence-corrected chi connectivity index (χ2v) is 5.47. The van der Waals surface area contributed by atoms with E-state index in [4.69, 9.17) is 0 Å². The van der Waals surface area contributed by atoms with Gasteiger partial charge in [-0.2, -0.15) is 0 Å². The van der Waals surface area contributed by atoms with Gasteiger partial charge in [0.2, 0.25) is 0 Å². The minimum Gasteiger partial charge on any atom is -0.339 e. The maximum Gasteiger partial charge on any atom is 0.257 e. The van der Waals surface area contributed by atoms with Crippen LogP contribution in [0.2, 0.25) is 0 Å². The van der Waals surface area contributed by atoms with E-state index >= 15 is 0 Å². The zero-order chi connectivity index (χ0) is 12.9. The molecule has 3 aliphatic rings. The molecule has 2 bridgehead atoms. The van der Waals surface area contributed by atoms with Crippen molar-refractivity contribution < 1.29 is 9.59 Å². The van der Waals surface area contributed by atoms with Crippen LogP contribution in [0.3, 0.4) is 0 Å². The number of fused-ring (bicyclic) bond motifs is 5. The Bertz CT molecular complexity index is 459. The van der Waals surface area contributed by atoms with E-state index in [2.05, 4.69) is 12.2 Å². The Morgan fingerprint density at radius 1 is 1.28 bits per heavy atom. The third-order valence-corrected chi connectivity index (χ3v) is 4.73. The average Bonchev–Trinajstić information content (AvgIpc) is 3.03. The largest absolute Gasteiger partial charge is 0.339 e. The molecule has 1 amide bonds. The van der Waals surface area contributed by atoms with Crippen molar-refractivity contribution in [2.45, 2.75) is 20.3 Å². The van der Waals surface area contributed by atoms with Gasteiger partial charge in [-0.05, 0) is 38.0 Å². The van der Waals surface area contributed by atoms with Crippen molar-refractivity contribution in [1.29, 1.82) is 0 Å². The van der Waals surface area contributed by atoms with Gasteiger partial charge in [0.15, 0.2) is 5.78 Å². The lowest BCUT2D eigenvalue weighted by atomic mass is 9.85. The zero-order valence-electron chi connectivity index (χ0n) is 10.9. The van der Waals surface area contributed by atoms with Crippen molar-refractivity contribution in [3.8, 4) is 0 Å². The van der Waals surface area contributed by atoms with Gasteiger partial charge in [0.1, 0.15) is 0 Å². The Morgan fingerprint density at radius 2 is 1.94 bits per heavy atom. The molecule has 18 heavy (non-hydrogen) atoms. The van der Waals surface area contributed by atoms with Crippen molar-refractivity contribution >= 4 is 11.7 Å². The van der Waals surface area contributed by atoms with Gasteiger partial charge in [0, 0.05) is 19.0 Å². The predicted molar refractivity (Wildman–Crippen MR) is 68.7 cm³/mol. The van der Waals surface area contributed by atoms with Crippen LogP contribution in [-0.2, 0) is 9.59 Å². The summed E-state index contributed by atoms with van der Waals surface area (Å²) in [5, 5.41) is 0. The smallest absolute Gasteiger partial charge is 0.257 e. The van der Waals surface area contributed by atoms with E-state index < -0.39 is 0 Å². The molecule has 0 aromatic rings. The molecule has 0 unspecified atom stereocenters. The highest BCUT2D eigenvalue weighted by Gasteiger charge is 2.52. The van der Waals surface area contributed by atoms with Crippen molar-refractivity contribution in [1.82, 2.24) is 4.90 Å². The summed E-state index contributed by atoms with van der Waals surface area (Å²) < 4.78 is 0. The lowest BCUT2D eigenvalue weighted by Crippen LogP contribution is -2.34. The van der Waals surface area contributed by atoms with Crippen molar-refractivity contribution in [2.75, 3.05) is 13.1 Å². The van der Waals surface area contributed by atoms with Crippen LogP contribution >= 0.6 is 0 Å². The van der Waals surface area contributed by atoms with Crippen molar-refractivity contribution in [3.05, 3.63) is 23.8 Å². The van der Waals surface area contributed by atoms with Gasteiger partial charge < -0.3 is 4.90 Å². The van der Waals surface area contributed by atoms with Crippen molar-refractivity contribution in [2.24, 2.45) is 23.7 Å². The maximum atomic E-state index is 12.4. The van der Waals surface area contributed by atoms with E-state index in [1.807, 2.05) is 19.9 Å². The second-order valence-electron chi connectivity index (χ2n) is 5.47. The molecule has 0 aromatic carbocycles. The predicted octanol–water partition coefficient (Wildman–Crippen LogP) is 1.80. The first kappa shape index (κ1) is 11.7. The molecule has 4 atom stereocenters. The van der Waals surface area contributed by atoms with Gasteiger partial charge in [-0.25, -0.2) is 0 Å². The first-order valence-electron chi connectivity index (χ1n) is 6.91. The van der Waals surface area contributed by atoms with E-state index in [1.54, 1.807) is 4.90 Å². The highest BCUT2D eigenvalue weighted by Crippen LogP contribution is 2.53. The third-order valence-electron chi connectivity index (χ3n) is 4.73. The van der Waals surface area contributed by atoms with Crippen LogP contribution in [0.5, 0.6) is 0 Å². The Hall–Kier alpha value is -1.38. The van der Waals surface area contributed by atoms with Crippen molar-refractivity contribution in [3.63, 3.8) is 0 Å². The number of carbonyl (C=O) groups excluding carboxylic acids is 2. The zero-order valence-corrected chi connectivity index (χ0v) is 10.9. The van der Waals surface area contributed by atoms with Gasteiger partial charge in [0.25, 0.3) is 5.91 Å². The van der Waals surface area contributed by atoms with Crippen LogP contribution in [0.4, 0.5) is 0 Å². The number of ketones is 1. The fourth-order valence-corrected chi connectivity index (χ4v) is 3.77. The molecule has 0 heterocycles. The SMILES string of the molecule is CCN(CC)C(=O)C1=C[C@H]2[C@@H](C1=O)[C@H]1C=C[C@@H]2C1. The number of likely N-dealkylation sites (N-methyl/N-ethyl adjacent to an activating group) is 1.